The third-order valence-electron chi connectivity index (χ3n) is 4.00. The molecule has 26 heavy (non-hydrogen) atoms. The first-order chi connectivity index (χ1) is 12.7. The maximum absolute atomic E-state index is 12.7. The van der Waals surface area contributed by atoms with Gasteiger partial charge in [0, 0.05) is 4.88 Å². The highest BCUT2D eigenvalue weighted by molar-refractivity contribution is 7.10. The maximum atomic E-state index is 12.7. The van der Waals surface area contributed by atoms with E-state index in [1.807, 2.05) is 17.5 Å². The minimum atomic E-state index is -0.0926. The highest BCUT2D eigenvalue weighted by Gasteiger charge is 2.18. The minimum Gasteiger partial charge on any atom is -0.497 e. The molecule has 5 nitrogen and oxygen atoms in total. The van der Waals surface area contributed by atoms with Crippen molar-refractivity contribution in [2.45, 2.75) is 20.0 Å². The number of carbonyl (C=O) groups is 1. The average Bonchev–Trinajstić information content (AvgIpc) is 3.31. The summed E-state index contributed by atoms with van der Waals surface area (Å²) in [5.74, 6) is 2.03. The van der Waals surface area contributed by atoms with Crippen molar-refractivity contribution in [1.29, 1.82) is 0 Å². The molecule has 0 unspecified atom stereocenters. The van der Waals surface area contributed by atoms with Crippen LogP contribution < -0.4 is 9.47 Å². The number of furan rings is 1. The summed E-state index contributed by atoms with van der Waals surface area (Å²) in [7, 11) is 1.61. The Morgan fingerprint density at radius 1 is 1.12 bits per heavy atom. The second-order valence-corrected chi connectivity index (χ2v) is 6.82. The summed E-state index contributed by atoms with van der Waals surface area (Å²) < 4.78 is 16.2. The van der Waals surface area contributed by atoms with Gasteiger partial charge in [-0.1, -0.05) is 0 Å². The number of ether oxygens (including phenoxy) is 2. The molecule has 0 N–H and O–H groups in total. The van der Waals surface area contributed by atoms with Crippen molar-refractivity contribution in [3.8, 4) is 11.5 Å². The molecule has 136 valence electrons. The number of aryl methyl sites for hydroxylation is 1. The van der Waals surface area contributed by atoms with Crippen LogP contribution in [-0.2, 0) is 17.9 Å². The summed E-state index contributed by atoms with van der Waals surface area (Å²) in [4.78, 5) is 15.7. The standard InChI is InChI=1S/C20H21NO4S/c1-15-9-11-26-19(15)13-21(12-18-4-3-10-24-18)20(22)14-25-17-7-5-16(23-2)6-8-17/h3-11H,12-14H2,1-2H3. The highest BCUT2D eigenvalue weighted by atomic mass is 32.1. The molecule has 0 aliphatic heterocycles. The van der Waals surface area contributed by atoms with Crippen LogP contribution in [0.4, 0.5) is 0 Å². The lowest BCUT2D eigenvalue weighted by Gasteiger charge is -2.21. The van der Waals surface area contributed by atoms with Crippen LogP contribution in [0.15, 0.2) is 58.5 Å². The van der Waals surface area contributed by atoms with Gasteiger partial charge in [-0.25, -0.2) is 0 Å². The number of rotatable bonds is 8. The molecule has 0 saturated heterocycles. The summed E-state index contributed by atoms with van der Waals surface area (Å²) in [6.45, 7) is 2.97. The van der Waals surface area contributed by atoms with Gasteiger partial charge in [0.05, 0.1) is 26.5 Å². The molecular formula is C20H21NO4S. The molecule has 1 aromatic carbocycles. The third kappa shape index (κ3) is 4.67. The number of hydrogen-bond acceptors (Lipinski definition) is 5. The zero-order valence-electron chi connectivity index (χ0n) is 14.8. The SMILES string of the molecule is COc1ccc(OCC(=O)N(Cc2ccco2)Cc2sccc2C)cc1. The molecule has 2 heterocycles. The summed E-state index contributed by atoms with van der Waals surface area (Å²) in [5.41, 5.74) is 1.18. The van der Waals surface area contributed by atoms with Crippen molar-refractivity contribution in [2.24, 2.45) is 0 Å². The molecule has 0 saturated carbocycles. The van der Waals surface area contributed by atoms with E-state index in [9.17, 15) is 4.79 Å². The Kier molecular flexibility index (Phi) is 5.96. The summed E-state index contributed by atoms with van der Waals surface area (Å²) in [6, 6.07) is 12.9. The molecule has 3 rings (SSSR count). The Balaban J connectivity index is 1.66. The van der Waals surface area contributed by atoms with Gasteiger partial charge in [0.25, 0.3) is 5.91 Å². The van der Waals surface area contributed by atoms with Crippen molar-refractivity contribution < 1.29 is 18.7 Å². The quantitative estimate of drug-likeness (QED) is 0.593. The highest BCUT2D eigenvalue weighted by Crippen LogP contribution is 2.20. The maximum Gasteiger partial charge on any atom is 0.261 e. The molecule has 6 heteroatoms. The molecule has 0 aliphatic rings. The number of carbonyl (C=O) groups excluding carboxylic acids is 1. The van der Waals surface area contributed by atoms with Gasteiger partial charge in [0.2, 0.25) is 0 Å². The number of benzene rings is 1. The molecule has 3 aromatic rings. The van der Waals surface area contributed by atoms with E-state index in [2.05, 4.69) is 13.0 Å². The van der Waals surface area contributed by atoms with Gasteiger partial charge in [0.15, 0.2) is 6.61 Å². The summed E-state index contributed by atoms with van der Waals surface area (Å²) >= 11 is 1.65. The first-order valence-corrected chi connectivity index (χ1v) is 9.13. The Hall–Kier alpha value is -2.73. The fourth-order valence-electron chi connectivity index (χ4n) is 2.47. The van der Waals surface area contributed by atoms with Crippen LogP contribution in [0.25, 0.3) is 0 Å². The molecule has 0 spiro atoms. The average molecular weight is 371 g/mol. The van der Waals surface area contributed by atoms with E-state index in [0.29, 0.717) is 18.8 Å². The molecular weight excluding hydrogens is 350 g/mol. The number of methoxy groups -OCH3 is 1. The first-order valence-electron chi connectivity index (χ1n) is 8.25. The monoisotopic (exact) mass is 371 g/mol. The number of hydrogen-bond donors (Lipinski definition) is 0. The van der Waals surface area contributed by atoms with Gasteiger partial charge in [-0.15, -0.1) is 11.3 Å². The second-order valence-electron chi connectivity index (χ2n) is 5.82. The van der Waals surface area contributed by atoms with Crippen molar-refractivity contribution >= 4 is 17.2 Å². The van der Waals surface area contributed by atoms with Gasteiger partial charge in [-0.3, -0.25) is 4.79 Å². The minimum absolute atomic E-state index is 0.0303. The largest absolute Gasteiger partial charge is 0.497 e. The van der Waals surface area contributed by atoms with Gasteiger partial charge in [0.1, 0.15) is 17.3 Å². The van der Waals surface area contributed by atoms with Crippen LogP contribution in [0.1, 0.15) is 16.2 Å². The van der Waals surface area contributed by atoms with Crippen LogP contribution in [0.2, 0.25) is 0 Å². The first kappa shape index (κ1) is 18.1. The van der Waals surface area contributed by atoms with E-state index in [-0.39, 0.29) is 12.5 Å². The molecule has 0 radical (unpaired) electrons. The lowest BCUT2D eigenvalue weighted by Crippen LogP contribution is -2.33. The van der Waals surface area contributed by atoms with Gasteiger partial charge >= 0.3 is 0 Å². The van der Waals surface area contributed by atoms with Crippen molar-refractivity contribution in [3.05, 3.63) is 70.3 Å². The van der Waals surface area contributed by atoms with Gasteiger partial charge < -0.3 is 18.8 Å². The van der Waals surface area contributed by atoms with Crippen molar-refractivity contribution in [1.82, 2.24) is 4.90 Å². The van der Waals surface area contributed by atoms with Crippen LogP contribution >= 0.6 is 11.3 Å². The smallest absolute Gasteiger partial charge is 0.261 e. The van der Waals surface area contributed by atoms with E-state index in [1.54, 1.807) is 53.9 Å². The Morgan fingerprint density at radius 3 is 2.50 bits per heavy atom. The zero-order chi connectivity index (χ0) is 18.4. The molecule has 2 aromatic heterocycles. The van der Waals surface area contributed by atoms with Crippen LogP contribution in [0, 0.1) is 6.92 Å². The lowest BCUT2D eigenvalue weighted by molar-refractivity contribution is -0.134. The van der Waals surface area contributed by atoms with Crippen LogP contribution in [-0.4, -0.2) is 24.5 Å². The fraction of sp³-hybridized carbons (Fsp3) is 0.250. The van der Waals surface area contributed by atoms with E-state index in [0.717, 1.165) is 16.4 Å². The van der Waals surface area contributed by atoms with E-state index < -0.39 is 0 Å². The summed E-state index contributed by atoms with van der Waals surface area (Å²) in [5, 5.41) is 2.04. The molecule has 0 aliphatic carbocycles. The molecule has 0 bridgehead atoms. The fourth-order valence-corrected chi connectivity index (χ4v) is 3.39. The van der Waals surface area contributed by atoms with Gasteiger partial charge in [-0.05, 0) is 60.3 Å². The normalized spacial score (nSPS) is 10.5. The van der Waals surface area contributed by atoms with Crippen LogP contribution in [0.3, 0.4) is 0 Å². The van der Waals surface area contributed by atoms with Crippen molar-refractivity contribution in [3.63, 3.8) is 0 Å². The summed E-state index contributed by atoms with van der Waals surface area (Å²) in [6.07, 6.45) is 1.61. The molecule has 0 atom stereocenters. The van der Waals surface area contributed by atoms with E-state index >= 15 is 0 Å². The van der Waals surface area contributed by atoms with E-state index in [1.165, 1.54) is 5.56 Å². The van der Waals surface area contributed by atoms with Crippen molar-refractivity contribution in [2.75, 3.05) is 13.7 Å². The van der Waals surface area contributed by atoms with Crippen LogP contribution in [0.5, 0.6) is 11.5 Å². The molecule has 0 fully saturated rings. The van der Waals surface area contributed by atoms with E-state index in [4.69, 9.17) is 13.9 Å². The number of nitrogens with zero attached hydrogens (tertiary/aromatic N) is 1. The predicted molar refractivity (Wildman–Crippen MR) is 101 cm³/mol. The third-order valence-corrected chi connectivity index (χ3v) is 5.01. The van der Waals surface area contributed by atoms with Gasteiger partial charge in [-0.2, -0.15) is 0 Å². The Bertz CT molecular complexity index is 824. The predicted octanol–water partition coefficient (Wildman–Crippen LogP) is 4.27. The Labute approximate surface area is 156 Å². The number of amides is 1. The Morgan fingerprint density at radius 2 is 1.88 bits per heavy atom. The topological polar surface area (TPSA) is 51.9 Å². The lowest BCUT2D eigenvalue weighted by atomic mass is 10.2. The number of thiophene rings is 1. The zero-order valence-corrected chi connectivity index (χ0v) is 15.6. The molecule has 1 amide bonds. The second kappa shape index (κ2) is 8.58.